The standard InChI is InChI=1S/C13H13NO2S/c1-8-3-5-9(6-4-8)11-7-10(14)12(17-11)13(15)16-2/h3-7H,14H2,1-2H3. The number of carbonyl (C=O) groups excluding carboxylic acids is 1. The third kappa shape index (κ3) is 2.31. The van der Waals surface area contributed by atoms with Crippen LogP contribution in [-0.2, 0) is 4.74 Å². The maximum absolute atomic E-state index is 11.4. The summed E-state index contributed by atoms with van der Waals surface area (Å²) in [5.74, 6) is -0.383. The van der Waals surface area contributed by atoms with Gasteiger partial charge in [0.1, 0.15) is 4.88 Å². The van der Waals surface area contributed by atoms with E-state index in [-0.39, 0.29) is 5.97 Å². The van der Waals surface area contributed by atoms with Crippen LogP contribution in [0.15, 0.2) is 30.3 Å². The summed E-state index contributed by atoms with van der Waals surface area (Å²) in [5, 5.41) is 0. The van der Waals surface area contributed by atoms with E-state index in [1.807, 2.05) is 37.3 Å². The monoisotopic (exact) mass is 247 g/mol. The van der Waals surface area contributed by atoms with Gasteiger partial charge in [-0.25, -0.2) is 4.79 Å². The fourth-order valence-corrected chi connectivity index (χ4v) is 2.52. The Labute approximate surface area is 104 Å². The molecule has 2 rings (SSSR count). The van der Waals surface area contributed by atoms with Gasteiger partial charge in [-0.05, 0) is 18.6 Å². The molecule has 4 heteroatoms. The smallest absolute Gasteiger partial charge is 0.350 e. The fourth-order valence-electron chi connectivity index (χ4n) is 1.52. The van der Waals surface area contributed by atoms with Crippen molar-refractivity contribution in [3.8, 4) is 10.4 Å². The van der Waals surface area contributed by atoms with Crippen molar-refractivity contribution in [1.82, 2.24) is 0 Å². The van der Waals surface area contributed by atoms with Crippen molar-refractivity contribution >= 4 is 23.0 Å². The van der Waals surface area contributed by atoms with Gasteiger partial charge in [0.2, 0.25) is 0 Å². The molecule has 0 unspecified atom stereocenters. The summed E-state index contributed by atoms with van der Waals surface area (Å²) in [6.07, 6.45) is 0. The number of aryl methyl sites for hydroxylation is 1. The number of ether oxygens (including phenoxy) is 1. The minimum absolute atomic E-state index is 0.383. The molecule has 2 N–H and O–H groups in total. The van der Waals surface area contributed by atoms with Crippen molar-refractivity contribution in [3.63, 3.8) is 0 Å². The summed E-state index contributed by atoms with van der Waals surface area (Å²) in [6, 6.07) is 9.90. The van der Waals surface area contributed by atoms with E-state index in [0.717, 1.165) is 10.4 Å². The van der Waals surface area contributed by atoms with Crippen molar-refractivity contribution in [2.45, 2.75) is 6.92 Å². The van der Waals surface area contributed by atoms with Crippen molar-refractivity contribution in [2.24, 2.45) is 0 Å². The second-order valence-corrected chi connectivity index (χ2v) is 4.80. The third-order valence-corrected chi connectivity index (χ3v) is 3.65. The average Bonchev–Trinajstić information content (AvgIpc) is 2.71. The summed E-state index contributed by atoms with van der Waals surface area (Å²) in [4.78, 5) is 12.9. The van der Waals surface area contributed by atoms with E-state index in [0.29, 0.717) is 10.6 Å². The molecule has 0 saturated heterocycles. The van der Waals surface area contributed by atoms with Crippen molar-refractivity contribution in [2.75, 3.05) is 12.8 Å². The molecule has 0 aliphatic carbocycles. The van der Waals surface area contributed by atoms with Crippen LogP contribution in [0.4, 0.5) is 5.69 Å². The first-order valence-corrected chi connectivity index (χ1v) is 5.98. The first-order valence-electron chi connectivity index (χ1n) is 5.16. The fraction of sp³-hybridized carbons (Fsp3) is 0.154. The Bertz CT molecular complexity index is 543. The minimum atomic E-state index is -0.383. The lowest BCUT2D eigenvalue weighted by atomic mass is 10.1. The number of nitrogens with two attached hydrogens (primary N) is 1. The van der Waals surface area contributed by atoms with Crippen molar-refractivity contribution < 1.29 is 9.53 Å². The number of rotatable bonds is 2. The van der Waals surface area contributed by atoms with Crippen molar-refractivity contribution in [1.29, 1.82) is 0 Å². The summed E-state index contributed by atoms with van der Waals surface area (Å²) >= 11 is 1.35. The number of esters is 1. The second-order valence-electron chi connectivity index (χ2n) is 3.75. The Morgan fingerprint density at radius 1 is 1.29 bits per heavy atom. The summed E-state index contributed by atoms with van der Waals surface area (Å²) in [7, 11) is 1.35. The molecule has 0 fully saturated rings. The first-order chi connectivity index (χ1) is 8.11. The van der Waals surface area contributed by atoms with Gasteiger partial charge in [0.25, 0.3) is 0 Å². The molecule has 1 aromatic carbocycles. The van der Waals surface area contributed by atoms with Crippen LogP contribution >= 0.6 is 11.3 Å². The van der Waals surface area contributed by atoms with Gasteiger partial charge in [0.15, 0.2) is 0 Å². The molecule has 1 heterocycles. The summed E-state index contributed by atoms with van der Waals surface area (Å²) in [5.41, 5.74) is 8.52. The number of carbonyl (C=O) groups is 1. The van der Waals surface area contributed by atoms with Crippen LogP contribution in [0.25, 0.3) is 10.4 Å². The van der Waals surface area contributed by atoms with E-state index in [1.165, 1.54) is 24.0 Å². The van der Waals surface area contributed by atoms with E-state index >= 15 is 0 Å². The topological polar surface area (TPSA) is 52.3 Å². The molecular formula is C13H13NO2S. The molecule has 88 valence electrons. The number of thiophene rings is 1. The third-order valence-electron chi connectivity index (χ3n) is 2.47. The van der Waals surface area contributed by atoms with Crippen LogP contribution in [0.1, 0.15) is 15.2 Å². The molecule has 0 aliphatic heterocycles. The molecule has 0 bridgehead atoms. The zero-order valence-corrected chi connectivity index (χ0v) is 10.5. The molecule has 0 radical (unpaired) electrons. The molecule has 0 atom stereocenters. The van der Waals surface area contributed by atoms with Crippen LogP contribution in [0.3, 0.4) is 0 Å². The number of hydrogen-bond acceptors (Lipinski definition) is 4. The largest absolute Gasteiger partial charge is 0.465 e. The maximum atomic E-state index is 11.4. The molecule has 3 nitrogen and oxygen atoms in total. The van der Waals surface area contributed by atoms with Gasteiger partial charge in [0.05, 0.1) is 12.8 Å². The maximum Gasteiger partial charge on any atom is 0.350 e. The van der Waals surface area contributed by atoms with Gasteiger partial charge >= 0.3 is 5.97 Å². The molecule has 1 aromatic heterocycles. The van der Waals surface area contributed by atoms with E-state index < -0.39 is 0 Å². The quantitative estimate of drug-likeness (QED) is 0.830. The van der Waals surface area contributed by atoms with E-state index in [4.69, 9.17) is 5.73 Å². The van der Waals surface area contributed by atoms with Gasteiger partial charge in [0, 0.05) is 4.88 Å². The SMILES string of the molecule is COC(=O)c1sc(-c2ccc(C)cc2)cc1N. The average molecular weight is 247 g/mol. The van der Waals surface area contributed by atoms with Gasteiger partial charge in [-0.1, -0.05) is 29.8 Å². The highest BCUT2D eigenvalue weighted by Crippen LogP contribution is 2.33. The van der Waals surface area contributed by atoms with Gasteiger partial charge < -0.3 is 10.5 Å². The minimum Gasteiger partial charge on any atom is -0.465 e. The molecule has 0 spiro atoms. The first kappa shape index (κ1) is 11.7. The van der Waals surface area contributed by atoms with E-state index in [9.17, 15) is 4.79 Å². The highest BCUT2D eigenvalue weighted by Gasteiger charge is 2.15. The van der Waals surface area contributed by atoms with Gasteiger partial charge in [-0.3, -0.25) is 0 Å². The molecule has 0 amide bonds. The summed E-state index contributed by atoms with van der Waals surface area (Å²) < 4.78 is 4.68. The zero-order chi connectivity index (χ0) is 12.4. The lowest BCUT2D eigenvalue weighted by molar-refractivity contribution is 0.0607. The molecule has 0 aliphatic rings. The molecule has 17 heavy (non-hydrogen) atoms. The highest BCUT2D eigenvalue weighted by molar-refractivity contribution is 7.18. The van der Waals surface area contributed by atoms with E-state index in [1.54, 1.807) is 0 Å². The predicted octanol–water partition coefficient (Wildman–Crippen LogP) is 3.09. The number of methoxy groups -OCH3 is 1. The number of benzene rings is 1. The van der Waals surface area contributed by atoms with Crippen molar-refractivity contribution in [3.05, 3.63) is 40.8 Å². The van der Waals surface area contributed by atoms with Crippen LogP contribution < -0.4 is 5.73 Å². The van der Waals surface area contributed by atoms with Gasteiger partial charge in [-0.15, -0.1) is 11.3 Å². The Balaban J connectivity index is 2.41. The Morgan fingerprint density at radius 2 is 1.94 bits per heavy atom. The van der Waals surface area contributed by atoms with Gasteiger partial charge in [-0.2, -0.15) is 0 Å². The Kier molecular flexibility index (Phi) is 3.15. The number of nitrogen functional groups attached to an aromatic ring is 1. The predicted molar refractivity (Wildman–Crippen MR) is 70.2 cm³/mol. The Hall–Kier alpha value is -1.81. The normalized spacial score (nSPS) is 10.2. The second kappa shape index (κ2) is 4.59. The summed E-state index contributed by atoms with van der Waals surface area (Å²) in [6.45, 7) is 2.03. The molecular weight excluding hydrogens is 234 g/mol. The molecule has 2 aromatic rings. The van der Waals surface area contributed by atoms with E-state index in [2.05, 4.69) is 4.74 Å². The van der Waals surface area contributed by atoms with Crippen LogP contribution in [0, 0.1) is 6.92 Å². The lowest BCUT2D eigenvalue weighted by Crippen LogP contribution is -2.00. The number of hydrogen-bond donors (Lipinski definition) is 1. The Morgan fingerprint density at radius 3 is 2.53 bits per heavy atom. The number of anilines is 1. The van der Waals surface area contributed by atoms with Crippen LogP contribution in [0.2, 0.25) is 0 Å². The van der Waals surface area contributed by atoms with Crippen LogP contribution in [-0.4, -0.2) is 13.1 Å². The molecule has 0 saturated carbocycles. The highest BCUT2D eigenvalue weighted by atomic mass is 32.1. The zero-order valence-electron chi connectivity index (χ0n) is 9.69. The van der Waals surface area contributed by atoms with Crippen LogP contribution in [0.5, 0.6) is 0 Å². The lowest BCUT2D eigenvalue weighted by Gasteiger charge is -1.97.